The number of rotatable bonds is 26. The Bertz CT molecular complexity index is 5890. The Morgan fingerprint density at radius 1 is 0.408 bits per heavy atom. The first kappa shape index (κ1) is 84.1. The first-order valence-corrected chi connectivity index (χ1v) is 46.5. The second-order valence-corrected chi connectivity index (χ2v) is 38.5. The topological polar surface area (TPSA) is 412 Å². The number of fused-ring (bicyclic) bond motifs is 8. The Hall–Kier alpha value is -8.16. The van der Waals surface area contributed by atoms with E-state index in [-0.39, 0.29) is 23.1 Å². The van der Waals surface area contributed by atoms with Crippen LogP contribution < -0.4 is 71.8 Å². The first-order chi connectivity index (χ1) is 58.2. The van der Waals surface area contributed by atoms with E-state index in [1.165, 1.54) is 99.3 Å². The van der Waals surface area contributed by atoms with Crippen molar-refractivity contribution in [3.05, 3.63) is 103 Å². The summed E-state index contributed by atoms with van der Waals surface area (Å²) in [6.07, 6.45) is 20.4. The van der Waals surface area contributed by atoms with Crippen LogP contribution in [0.25, 0.3) is 44.7 Å². The Balaban J connectivity index is 0.000000114. The summed E-state index contributed by atoms with van der Waals surface area (Å²) < 4.78 is 57.5. The SMILES string of the molecule is CN(C)C(CCn1c(Sc2cc3c(cc2Br)OCCO3)nc2c(N)ncnc21)C1CC1.CN(C)C(CCn1cnc(=N)c2[nH]c(Sc3cc4c(cc3Br)OCCO4)nc21)C1CC1.N=c1ncn(CCC(N)C2CC2)c2nc(Sc3cc4c(cc3Br)OCCO4)[nH]c12.Nc1ncnc2c1nc(Sc1cc3c(cc1Br)OCCO3)n2CCC(N)C1CC1. The lowest BCUT2D eigenvalue weighted by atomic mass is 10.1. The number of ether oxygens (including phenoxy) is 8. The number of nitrogens with one attached hydrogen (secondary N) is 4. The van der Waals surface area contributed by atoms with Gasteiger partial charge in [0.25, 0.3) is 0 Å². The number of H-pyrrole nitrogens is 2. The van der Waals surface area contributed by atoms with Gasteiger partial charge in [-0.3, -0.25) is 10.8 Å². The van der Waals surface area contributed by atoms with E-state index in [1.54, 1.807) is 24.4 Å². The van der Waals surface area contributed by atoms with Crippen molar-refractivity contribution in [2.45, 2.75) is 168 Å². The first-order valence-electron chi connectivity index (χ1n) is 40.0. The molecule has 8 aromatic heterocycles. The number of aromatic nitrogens is 16. The molecule has 4 atom stereocenters. The minimum atomic E-state index is 0.184. The average Bonchev–Trinajstić information content (AvgIpc) is 1.67. The summed E-state index contributed by atoms with van der Waals surface area (Å²) in [6.45, 7) is 7.53. The maximum absolute atomic E-state index is 8.22. The molecule has 0 radical (unpaired) electrons. The molecule has 4 aliphatic heterocycles. The number of nitrogens with two attached hydrogens (primary N) is 4. The number of benzene rings is 4. The van der Waals surface area contributed by atoms with Crippen molar-refractivity contribution in [3.8, 4) is 46.0 Å². The molecule has 120 heavy (non-hydrogen) atoms. The van der Waals surface area contributed by atoms with Crippen molar-refractivity contribution >= 4 is 167 Å². The van der Waals surface area contributed by atoms with E-state index in [0.717, 1.165) is 180 Å². The minimum absolute atomic E-state index is 0.184. The van der Waals surface area contributed by atoms with Crippen LogP contribution >= 0.6 is 111 Å². The van der Waals surface area contributed by atoms with Crippen LogP contribution in [-0.4, -0.2) is 193 Å². The van der Waals surface area contributed by atoms with Gasteiger partial charge in [-0.15, -0.1) is 0 Å². The second-order valence-electron chi connectivity index (χ2n) is 31.0. The number of aryl methyl sites for hydroxylation is 4. The van der Waals surface area contributed by atoms with E-state index < -0.39 is 0 Å². The molecule has 4 aromatic carbocycles. The van der Waals surface area contributed by atoms with Gasteiger partial charge in [-0.25, -0.2) is 49.8 Å². The summed E-state index contributed by atoms with van der Waals surface area (Å²) in [5, 5.41) is 19.4. The van der Waals surface area contributed by atoms with Crippen LogP contribution in [0.2, 0.25) is 0 Å². The Labute approximate surface area is 741 Å². The number of nitrogens with zero attached hydrogens (tertiary/aromatic N) is 16. The third kappa shape index (κ3) is 19.6. The number of halogens is 4. The van der Waals surface area contributed by atoms with Crippen LogP contribution in [0.5, 0.6) is 46.0 Å². The second kappa shape index (κ2) is 37.1. The number of nitrogen functional groups attached to an aromatic ring is 2. The molecule has 632 valence electrons. The third-order valence-corrected chi connectivity index (χ3v) is 29.7. The lowest BCUT2D eigenvalue weighted by Gasteiger charge is -2.24. The van der Waals surface area contributed by atoms with Crippen molar-refractivity contribution in [3.63, 3.8) is 0 Å². The number of anilines is 2. The van der Waals surface area contributed by atoms with E-state index in [4.69, 9.17) is 91.6 Å². The van der Waals surface area contributed by atoms with Crippen LogP contribution in [0.3, 0.4) is 0 Å². The predicted molar refractivity (Wildman–Crippen MR) is 472 cm³/mol. The molecular formula is C80H92Br4N24O8S4. The number of aromatic amines is 2. The zero-order valence-electron chi connectivity index (χ0n) is 66.4. The number of hydrogen-bond acceptors (Lipinski definition) is 30. The molecule has 0 saturated heterocycles. The maximum Gasteiger partial charge on any atom is 0.175 e. The standard InChI is InChI=1S/2C21H25BrN6O2S.2C19H21BrN6O2S/c1-27(2)14(12-3-4-12)5-6-28-11-24-19(23)18-20(28)26-21(25-18)31-17-10-16-15(9-13(17)22)29-7-8-30-16;1-27(2)14(12-3-4-12)5-6-28-20-18(19(23)24-11-25-20)26-21(28)31-17-10-16-15(9-13(17)22)29-7-8-30-16;20-11-7-13-14(28-6-5-27-13)8-15(11)29-19-24-16-17(22)23-9-26(18(16)25-19)4-3-12(21)10-1-2-10;20-11-7-13-14(28-6-5-27-13)8-15(11)29-19-25-16-17(22)23-9-24-18(16)26(19)4-3-12(21)10-1-2-10/h9-12,14,23H,3-8H2,1-2H3,(H,25,26);9-12,14H,3-8H2,1-2H3,(H2,23,24,25);7-10,12,22H,1-6,21H2,(H,24,25);7-10,12H,1-6,21H2,(H2,22,23,24). The van der Waals surface area contributed by atoms with Gasteiger partial charge < -0.3 is 98.9 Å². The summed E-state index contributed by atoms with van der Waals surface area (Å²) in [5.41, 5.74) is 30.7. The van der Waals surface area contributed by atoms with Gasteiger partial charge in [0.15, 0.2) is 123 Å². The fourth-order valence-electron chi connectivity index (χ4n) is 15.1. The molecule has 4 fully saturated rings. The number of hydrogen-bond donors (Lipinski definition) is 8. The zero-order valence-corrected chi connectivity index (χ0v) is 76.0. The fraction of sp³-hybridized carbons (Fsp3) is 0.450. The molecule has 4 saturated carbocycles. The van der Waals surface area contributed by atoms with Gasteiger partial charge in [-0.05, 0) is 241 Å². The Morgan fingerprint density at radius 2 is 0.717 bits per heavy atom. The highest BCUT2D eigenvalue weighted by molar-refractivity contribution is 9.11. The molecule has 32 nitrogen and oxygen atoms in total. The summed E-state index contributed by atoms with van der Waals surface area (Å²) in [5.74, 6) is 9.59. The monoisotopic (exact) mass is 1960 g/mol. The fourth-order valence-corrected chi connectivity index (χ4v) is 20.9. The van der Waals surface area contributed by atoms with Gasteiger partial charge in [0, 0.05) is 87.8 Å². The molecule has 40 heteroatoms. The molecule has 0 spiro atoms. The smallest absolute Gasteiger partial charge is 0.175 e. The van der Waals surface area contributed by atoms with E-state index in [0.29, 0.717) is 121 Å². The highest BCUT2D eigenvalue weighted by Crippen LogP contribution is 2.48. The molecule has 4 aliphatic carbocycles. The van der Waals surface area contributed by atoms with Crippen LogP contribution in [0.15, 0.2) is 132 Å². The molecule has 0 amide bonds. The predicted octanol–water partition coefficient (Wildman–Crippen LogP) is 13.7. The van der Waals surface area contributed by atoms with Crippen molar-refractivity contribution < 1.29 is 37.9 Å². The molecule has 8 aliphatic rings. The zero-order chi connectivity index (χ0) is 83.0. The molecular weight excluding hydrogens is 1870 g/mol. The molecule has 12 heterocycles. The van der Waals surface area contributed by atoms with Crippen molar-refractivity contribution in [2.24, 2.45) is 35.1 Å². The normalized spacial score (nSPS) is 16.8. The van der Waals surface area contributed by atoms with Crippen LogP contribution in [0.1, 0.15) is 77.0 Å². The largest absolute Gasteiger partial charge is 0.486 e. The van der Waals surface area contributed by atoms with Crippen LogP contribution in [0, 0.1) is 34.5 Å². The van der Waals surface area contributed by atoms with Crippen molar-refractivity contribution in [2.75, 3.05) is 92.5 Å². The van der Waals surface area contributed by atoms with Crippen LogP contribution in [0.4, 0.5) is 11.6 Å². The highest BCUT2D eigenvalue weighted by Gasteiger charge is 2.36. The quantitative estimate of drug-likeness (QED) is 0.0250. The van der Waals surface area contributed by atoms with Crippen molar-refractivity contribution in [1.29, 1.82) is 10.8 Å². The number of imidazole rings is 4. The molecule has 0 bridgehead atoms. The van der Waals surface area contributed by atoms with E-state index in [1.807, 2.05) is 53.1 Å². The van der Waals surface area contributed by atoms with Gasteiger partial charge in [-0.1, -0.05) is 47.0 Å². The van der Waals surface area contributed by atoms with Crippen LogP contribution in [-0.2, 0) is 26.2 Å². The lowest BCUT2D eigenvalue weighted by Crippen LogP contribution is -2.31. The van der Waals surface area contributed by atoms with Gasteiger partial charge in [0.2, 0.25) is 0 Å². The van der Waals surface area contributed by atoms with Gasteiger partial charge in [-0.2, -0.15) is 0 Å². The minimum Gasteiger partial charge on any atom is -0.486 e. The highest BCUT2D eigenvalue weighted by atomic mass is 79.9. The summed E-state index contributed by atoms with van der Waals surface area (Å²) >= 11 is 20.6. The van der Waals surface area contributed by atoms with Gasteiger partial charge in [0.05, 0.1) is 12.7 Å². The molecule has 4 unspecified atom stereocenters. The third-order valence-electron chi connectivity index (χ3n) is 22.1. The molecule has 12 N–H and O–H groups in total. The van der Waals surface area contributed by atoms with E-state index in [2.05, 4.69) is 155 Å². The lowest BCUT2D eigenvalue weighted by molar-refractivity contribution is 0.171. The summed E-state index contributed by atoms with van der Waals surface area (Å²) in [6, 6.07) is 17.1. The van der Waals surface area contributed by atoms with Gasteiger partial charge >= 0.3 is 0 Å². The summed E-state index contributed by atoms with van der Waals surface area (Å²) in [7, 11) is 8.64. The average molecular weight is 1970 g/mol. The maximum atomic E-state index is 8.22. The molecule has 20 rings (SSSR count). The Morgan fingerprint density at radius 3 is 1.06 bits per heavy atom. The molecule has 12 aromatic rings. The Kier molecular flexibility index (Phi) is 26.0. The van der Waals surface area contributed by atoms with Crippen molar-refractivity contribution in [1.82, 2.24) is 87.9 Å². The van der Waals surface area contributed by atoms with Gasteiger partial charge in [0.1, 0.15) is 76.5 Å². The van der Waals surface area contributed by atoms with E-state index in [9.17, 15) is 0 Å². The summed E-state index contributed by atoms with van der Waals surface area (Å²) in [4.78, 5) is 59.8. The van der Waals surface area contributed by atoms with E-state index >= 15 is 0 Å².